The quantitative estimate of drug-likeness (QED) is 0.366. The van der Waals surface area contributed by atoms with Crippen LogP contribution in [-0.2, 0) is 14.6 Å². The molecule has 0 unspecified atom stereocenters. The number of rotatable bonds is 9. The fourth-order valence-corrected chi connectivity index (χ4v) is 3.14. The zero-order valence-electron chi connectivity index (χ0n) is 19.8. The van der Waals surface area contributed by atoms with Crippen molar-refractivity contribution in [1.29, 1.82) is 0 Å². The van der Waals surface area contributed by atoms with Crippen molar-refractivity contribution in [2.45, 2.75) is 50.9 Å². The number of carbonyl (C=O) groups excluding carboxylic acids is 1. The number of nitrogens with zero attached hydrogens (tertiary/aromatic N) is 2. The maximum Gasteiger partial charge on any atom is 0.319 e. The third-order valence-electron chi connectivity index (χ3n) is 5.19. The summed E-state index contributed by atoms with van der Waals surface area (Å²) < 4.78 is 23.5. The number of sulfone groups is 1. The molecule has 0 aliphatic carbocycles. The van der Waals surface area contributed by atoms with E-state index in [1.54, 1.807) is 65.0 Å². The van der Waals surface area contributed by atoms with Crippen molar-refractivity contribution < 1.29 is 23.4 Å². The molecule has 1 heterocycles. The van der Waals surface area contributed by atoms with E-state index in [1.807, 2.05) is 0 Å². The molecule has 0 fully saturated rings. The molecule has 1 aromatic carbocycles. The van der Waals surface area contributed by atoms with Crippen molar-refractivity contribution in [3.05, 3.63) is 36.0 Å². The van der Waals surface area contributed by atoms with E-state index in [-0.39, 0.29) is 19.3 Å². The number of aromatic nitrogens is 2. The van der Waals surface area contributed by atoms with E-state index < -0.39 is 26.2 Å². The SMILES string of the molecule is C[C@@H](CO)Nc1cc(C(C)(C)S(C)(=O)=O)nc(-c2ccc(NC(=O)NC(C)(C)CO)cc2)n1. The van der Waals surface area contributed by atoms with Gasteiger partial charge in [-0.25, -0.2) is 23.2 Å². The minimum Gasteiger partial charge on any atom is -0.394 e. The second-order valence-corrected chi connectivity index (χ2v) is 11.7. The summed E-state index contributed by atoms with van der Waals surface area (Å²) in [5.74, 6) is 0.690. The van der Waals surface area contributed by atoms with Gasteiger partial charge in [-0.2, -0.15) is 0 Å². The lowest BCUT2D eigenvalue weighted by Crippen LogP contribution is -2.48. The predicted octanol–water partition coefficient (Wildman–Crippen LogP) is 2.11. The number of carbonyl (C=O) groups is 1. The van der Waals surface area contributed by atoms with E-state index in [0.717, 1.165) is 6.26 Å². The summed E-state index contributed by atoms with van der Waals surface area (Å²) in [5.41, 5.74) is 0.683. The number of benzene rings is 1. The maximum absolute atomic E-state index is 12.4. The summed E-state index contributed by atoms with van der Waals surface area (Å²) in [4.78, 5) is 21.1. The van der Waals surface area contributed by atoms with Gasteiger partial charge in [0.05, 0.1) is 24.4 Å². The normalized spacial score (nSPS) is 13.3. The monoisotopic (exact) mass is 479 g/mol. The van der Waals surface area contributed by atoms with Gasteiger partial charge in [0.2, 0.25) is 0 Å². The van der Waals surface area contributed by atoms with Crippen molar-refractivity contribution in [1.82, 2.24) is 15.3 Å². The number of urea groups is 1. The molecule has 0 aliphatic heterocycles. The van der Waals surface area contributed by atoms with Gasteiger partial charge in [-0.3, -0.25) is 0 Å². The number of anilines is 2. The smallest absolute Gasteiger partial charge is 0.319 e. The van der Waals surface area contributed by atoms with Gasteiger partial charge >= 0.3 is 6.03 Å². The van der Waals surface area contributed by atoms with E-state index in [1.165, 1.54) is 0 Å². The van der Waals surface area contributed by atoms with Gasteiger partial charge in [-0.1, -0.05) is 0 Å². The highest BCUT2D eigenvalue weighted by Crippen LogP contribution is 2.31. The standard InChI is InChI=1S/C22H33N5O5S/c1-14(12-28)23-18-11-17(22(4,5)33(6,31)32)25-19(26-18)15-7-9-16(10-8-15)24-20(30)27-21(2,3)13-29/h7-11,14,28-29H,12-13H2,1-6H3,(H,23,25,26)(H2,24,27,30)/t14-/m0/s1. The van der Waals surface area contributed by atoms with E-state index in [4.69, 9.17) is 0 Å². The topological polar surface area (TPSA) is 154 Å². The highest BCUT2D eigenvalue weighted by molar-refractivity contribution is 7.91. The summed E-state index contributed by atoms with van der Waals surface area (Å²) >= 11 is 0. The molecule has 0 saturated heterocycles. The third-order valence-corrected chi connectivity index (χ3v) is 7.25. The number of aliphatic hydroxyl groups is 2. The molecule has 5 N–H and O–H groups in total. The van der Waals surface area contributed by atoms with Crippen LogP contribution in [0.5, 0.6) is 0 Å². The molecule has 0 bridgehead atoms. The molecule has 0 radical (unpaired) electrons. The van der Waals surface area contributed by atoms with E-state index in [2.05, 4.69) is 25.9 Å². The molecule has 0 saturated carbocycles. The van der Waals surface area contributed by atoms with Crippen molar-refractivity contribution in [2.75, 3.05) is 30.1 Å². The van der Waals surface area contributed by atoms with Crippen molar-refractivity contribution in [3.63, 3.8) is 0 Å². The second kappa shape index (κ2) is 10.0. The Hall–Kier alpha value is -2.76. The van der Waals surface area contributed by atoms with Crippen LogP contribution in [-0.4, -0.2) is 65.7 Å². The Balaban J connectivity index is 2.39. The van der Waals surface area contributed by atoms with Crippen LogP contribution < -0.4 is 16.0 Å². The largest absolute Gasteiger partial charge is 0.394 e. The Bertz CT molecular complexity index is 1080. The maximum atomic E-state index is 12.4. The molecule has 2 rings (SSSR count). The molecule has 33 heavy (non-hydrogen) atoms. The Morgan fingerprint density at radius 3 is 2.21 bits per heavy atom. The Morgan fingerprint density at radius 1 is 1.09 bits per heavy atom. The number of hydrogen-bond donors (Lipinski definition) is 5. The summed E-state index contributed by atoms with van der Waals surface area (Å²) in [7, 11) is -3.48. The zero-order chi connectivity index (χ0) is 25.0. The predicted molar refractivity (Wildman–Crippen MR) is 129 cm³/mol. The Kier molecular flexibility index (Phi) is 8.04. The van der Waals surface area contributed by atoms with Crippen LogP contribution in [0, 0.1) is 0 Å². The third kappa shape index (κ3) is 6.86. The van der Waals surface area contributed by atoms with Crippen molar-refractivity contribution in [2.24, 2.45) is 0 Å². The molecular weight excluding hydrogens is 446 g/mol. The molecule has 2 aromatic rings. The zero-order valence-corrected chi connectivity index (χ0v) is 20.6. The van der Waals surface area contributed by atoms with E-state index in [0.29, 0.717) is 28.6 Å². The number of aliphatic hydroxyl groups excluding tert-OH is 2. The average Bonchev–Trinajstić information content (AvgIpc) is 2.72. The van der Waals surface area contributed by atoms with Crippen LogP contribution in [0.1, 0.15) is 40.3 Å². The van der Waals surface area contributed by atoms with Crippen LogP contribution in [0.15, 0.2) is 30.3 Å². The number of amides is 2. The van der Waals surface area contributed by atoms with Gasteiger partial charge in [0, 0.05) is 29.6 Å². The lowest BCUT2D eigenvalue weighted by molar-refractivity contribution is 0.187. The average molecular weight is 480 g/mol. The van der Waals surface area contributed by atoms with E-state index >= 15 is 0 Å². The van der Waals surface area contributed by atoms with Gasteiger partial charge in [0.25, 0.3) is 0 Å². The Labute approximate surface area is 194 Å². The molecule has 2 amide bonds. The van der Waals surface area contributed by atoms with Crippen LogP contribution in [0.3, 0.4) is 0 Å². The van der Waals surface area contributed by atoms with E-state index in [9.17, 15) is 23.4 Å². The molecular formula is C22H33N5O5S. The fraction of sp³-hybridized carbons (Fsp3) is 0.500. The number of nitrogens with one attached hydrogen (secondary N) is 3. The summed E-state index contributed by atoms with van der Waals surface area (Å²) in [6.07, 6.45) is 1.15. The first kappa shape index (κ1) is 26.5. The first-order valence-corrected chi connectivity index (χ1v) is 12.3. The number of hydrogen-bond acceptors (Lipinski definition) is 8. The first-order valence-electron chi connectivity index (χ1n) is 10.5. The summed E-state index contributed by atoms with van der Waals surface area (Å²) in [6.45, 7) is 7.98. The molecule has 11 heteroatoms. The molecule has 10 nitrogen and oxygen atoms in total. The fourth-order valence-electron chi connectivity index (χ4n) is 2.66. The first-order chi connectivity index (χ1) is 15.2. The molecule has 0 aliphatic rings. The van der Waals surface area contributed by atoms with Gasteiger partial charge in [0.1, 0.15) is 10.6 Å². The van der Waals surface area contributed by atoms with Gasteiger partial charge in [-0.15, -0.1) is 0 Å². The lowest BCUT2D eigenvalue weighted by atomic mass is 10.1. The molecule has 0 spiro atoms. The highest BCUT2D eigenvalue weighted by Gasteiger charge is 2.35. The van der Waals surface area contributed by atoms with Crippen LogP contribution in [0.4, 0.5) is 16.3 Å². The summed E-state index contributed by atoms with van der Waals surface area (Å²) in [6, 6.07) is 7.57. The van der Waals surface area contributed by atoms with Gasteiger partial charge in [-0.05, 0) is 58.9 Å². The lowest BCUT2D eigenvalue weighted by Gasteiger charge is -2.24. The van der Waals surface area contributed by atoms with Crippen molar-refractivity contribution in [3.8, 4) is 11.4 Å². The van der Waals surface area contributed by atoms with Crippen LogP contribution in [0.2, 0.25) is 0 Å². The van der Waals surface area contributed by atoms with Gasteiger partial charge < -0.3 is 26.2 Å². The minimum atomic E-state index is -3.48. The molecule has 182 valence electrons. The molecule has 1 aromatic heterocycles. The van der Waals surface area contributed by atoms with Gasteiger partial charge in [0.15, 0.2) is 15.7 Å². The second-order valence-electron chi connectivity index (χ2n) is 9.17. The van der Waals surface area contributed by atoms with Crippen LogP contribution in [0.25, 0.3) is 11.4 Å². The summed E-state index contributed by atoms with van der Waals surface area (Å²) in [5, 5.41) is 27.1. The Morgan fingerprint density at radius 2 is 1.70 bits per heavy atom. The van der Waals surface area contributed by atoms with Crippen LogP contribution >= 0.6 is 0 Å². The van der Waals surface area contributed by atoms with Crippen molar-refractivity contribution >= 4 is 27.4 Å². The molecule has 1 atom stereocenters. The highest BCUT2D eigenvalue weighted by atomic mass is 32.2. The minimum absolute atomic E-state index is 0.125.